The summed E-state index contributed by atoms with van der Waals surface area (Å²) in [6.07, 6.45) is 13.0. The Labute approximate surface area is 388 Å². The van der Waals surface area contributed by atoms with Crippen molar-refractivity contribution in [2.75, 3.05) is 0 Å². The first-order chi connectivity index (χ1) is 29.6. The Morgan fingerprint density at radius 3 is 1.32 bits per heavy atom. The number of hydrogen-bond donors (Lipinski definition) is 2. The van der Waals surface area contributed by atoms with Gasteiger partial charge in [0.1, 0.15) is 11.5 Å². The maximum Gasteiger partial charge on any atom is -0.693 e. The molecule has 0 amide bonds. The number of aryl methyl sites for hydroxylation is 2. The molecule has 4 saturated carbocycles. The van der Waals surface area contributed by atoms with Crippen LogP contribution in [0.4, 0.5) is 0 Å². The van der Waals surface area contributed by atoms with Crippen LogP contribution in [-0.4, -0.2) is 34.7 Å². The van der Waals surface area contributed by atoms with Gasteiger partial charge in [-0.05, 0) is 183 Å². The molecule has 6 unspecified atom stereocenters. The average Bonchev–Trinajstić information content (AvgIpc) is 3.82. The summed E-state index contributed by atoms with van der Waals surface area (Å²) in [5.41, 5.74) is 6.82. The van der Waals surface area contributed by atoms with Crippen molar-refractivity contribution in [2.45, 2.75) is 115 Å². The van der Waals surface area contributed by atoms with Crippen molar-refractivity contribution in [1.82, 2.24) is 0 Å². The minimum Gasteiger partial charge on any atom is -0.693 e. The van der Waals surface area contributed by atoms with Crippen molar-refractivity contribution in [2.24, 2.45) is 34.5 Å². The van der Waals surface area contributed by atoms with Gasteiger partial charge in [0.25, 0.3) is 0 Å². The van der Waals surface area contributed by atoms with Crippen LogP contribution < -0.4 is 9.47 Å². The number of ether oxygens (including phenoxy) is 2. The SMILES string of the molecule is C[C@]12CCC3c4ccc(OC(=O)c5ccccc5)cc4CCC3C1CC[C@@H]2OO.C[C@]12CCC3c4ccc(OC(=O)c5ccccc5)cc4CCC3C1CC[C@@H]2OO.[Cl][Pt+2][Cl].[NH2-].[NH2-]. The van der Waals surface area contributed by atoms with Gasteiger partial charge in [-0.1, -0.05) is 62.4 Å². The van der Waals surface area contributed by atoms with Crippen molar-refractivity contribution in [3.05, 3.63) is 143 Å². The van der Waals surface area contributed by atoms with E-state index in [2.05, 4.69) is 38.1 Å². The van der Waals surface area contributed by atoms with Gasteiger partial charge < -0.3 is 21.8 Å². The third kappa shape index (κ3) is 9.86. The van der Waals surface area contributed by atoms with E-state index in [0.29, 0.717) is 58.1 Å². The average molecular weight is 1080 g/mol. The molecule has 6 aliphatic rings. The number of fused-ring (bicyclic) bond motifs is 10. The zero-order valence-corrected chi connectivity index (χ0v) is 39.7. The zero-order valence-electron chi connectivity index (χ0n) is 35.9. The third-order valence-corrected chi connectivity index (χ3v) is 15.9. The normalized spacial score (nSPS) is 30.5. The van der Waals surface area contributed by atoms with Crippen LogP contribution in [0, 0.1) is 34.5 Å². The van der Waals surface area contributed by atoms with Crippen molar-refractivity contribution in [3.63, 3.8) is 0 Å². The smallest absolute Gasteiger partial charge is 0.693 e. The predicted molar refractivity (Wildman–Crippen MR) is 242 cm³/mol. The number of esters is 2. The number of carbonyl (C=O) groups excluding carboxylic acids is 2. The summed E-state index contributed by atoms with van der Waals surface area (Å²) in [4.78, 5) is 34.5. The minimum absolute atomic E-state index is 0. The first kappa shape index (κ1) is 49.3. The second kappa shape index (κ2) is 21.4. The van der Waals surface area contributed by atoms with Gasteiger partial charge in [-0.3, -0.25) is 10.5 Å². The Morgan fingerprint density at radius 2 is 0.952 bits per heavy atom. The number of nitrogens with two attached hydrogens (primary N) is 2. The number of halogens is 2. The van der Waals surface area contributed by atoms with Crippen LogP contribution in [0.5, 0.6) is 11.5 Å². The van der Waals surface area contributed by atoms with Gasteiger partial charge in [-0.2, -0.15) is 0 Å². The molecule has 0 heterocycles. The molecule has 4 aromatic rings. The predicted octanol–water partition coefficient (Wildman–Crippen LogP) is 14.1. The monoisotopic (exact) mass is 1080 g/mol. The standard InChI is InChI=1S/2C25H28O4.2ClH.2H2N.Pt/c2*1-25-14-13-20-19-10-8-18(28-24(26)16-5-3-2-4-6-16)15-17(19)7-9-21(20)22(25)11-12-23(25)29-27;;;;;/h2*2-6,8,10,15,20-23,27H,7,9,11-14H2,1H3;2*1H;2*1H2;/q;;;;2*-1;+4/p-2/t2*20?,21?,22?,23-,25-;;;;;/m00...../s1. The van der Waals surface area contributed by atoms with Gasteiger partial charge in [-0.15, -0.1) is 0 Å². The first-order valence-corrected chi connectivity index (χ1v) is 27.5. The van der Waals surface area contributed by atoms with E-state index in [0.717, 1.165) is 77.0 Å². The molecule has 0 radical (unpaired) electrons. The number of hydrogen-bond acceptors (Lipinski definition) is 8. The number of carbonyl (C=O) groups is 2. The number of rotatable bonds is 6. The van der Waals surface area contributed by atoms with Crippen LogP contribution in [0.15, 0.2) is 97.1 Å². The summed E-state index contributed by atoms with van der Waals surface area (Å²) in [6, 6.07) is 30.6. The fraction of sp³-hybridized carbons (Fsp3) is 0.480. The van der Waals surface area contributed by atoms with E-state index < -0.39 is 16.5 Å². The fourth-order valence-corrected chi connectivity index (χ4v) is 13.0. The topological polar surface area (TPSA) is 179 Å². The molecular formula is C50H60Cl2N2O8Pt. The molecule has 6 N–H and O–H groups in total. The van der Waals surface area contributed by atoms with Gasteiger partial charge in [0.2, 0.25) is 0 Å². The molecule has 0 aliphatic heterocycles. The van der Waals surface area contributed by atoms with Gasteiger partial charge >= 0.3 is 47.3 Å². The van der Waals surface area contributed by atoms with Gasteiger partial charge in [0.15, 0.2) is 0 Å². The summed E-state index contributed by atoms with van der Waals surface area (Å²) in [6.45, 7) is 4.62. The van der Waals surface area contributed by atoms with Crippen LogP contribution in [0.25, 0.3) is 12.3 Å². The first-order valence-electron chi connectivity index (χ1n) is 21.8. The fourth-order valence-electron chi connectivity index (χ4n) is 13.0. The van der Waals surface area contributed by atoms with E-state index in [1.165, 1.54) is 22.3 Å². The van der Waals surface area contributed by atoms with Crippen LogP contribution >= 0.6 is 18.8 Å². The summed E-state index contributed by atoms with van der Waals surface area (Å²) < 4.78 is 11.3. The van der Waals surface area contributed by atoms with E-state index in [-0.39, 0.29) is 47.3 Å². The Hall–Kier alpha value is -3.15. The summed E-state index contributed by atoms with van der Waals surface area (Å²) in [7, 11) is 9.75. The molecule has 10 atom stereocenters. The molecule has 10 nitrogen and oxygen atoms in total. The Balaban J connectivity index is 0.000000192. The molecule has 0 aromatic heterocycles. The Bertz CT molecular complexity index is 2020. The molecule has 342 valence electrons. The van der Waals surface area contributed by atoms with Crippen molar-refractivity contribution >= 4 is 30.8 Å². The second-order valence-electron chi connectivity index (χ2n) is 18.5. The summed E-state index contributed by atoms with van der Waals surface area (Å²) in [5.74, 6) is 4.30. The molecular weight excluding hydrogens is 1020 g/mol. The van der Waals surface area contributed by atoms with Crippen molar-refractivity contribution in [3.8, 4) is 11.5 Å². The van der Waals surface area contributed by atoms with E-state index in [4.69, 9.17) is 38.1 Å². The largest absolute Gasteiger partial charge is 0.693 e. The van der Waals surface area contributed by atoms with E-state index in [1.807, 2.05) is 48.5 Å². The maximum absolute atomic E-state index is 12.4. The van der Waals surface area contributed by atoms with Crippen LogP contribution in [0.1, 0.15) is 133 Å². The summed E-state index contributed by atoms with van der Waals surface area (Å²) >= 11 is -0.472. The Morgan fingerprint density at radius 1 is 0.571 bits per heavy atom. The molecule has 10 rings (SSSR count). The molecule has 0 bridgehead atoms. The maximum atomic E-state index is 12.4. The summed E-state index contributed by atoms with van der Waals surface area (Å²) in [5, 5.41) is 18.7. The van der Waals surface area contributed by atoms with Crippen molar-refractivity contribution < 1.29 is 55.8 Å². The second-order valence-corrected chi connectivity index (χ2v) is 21.8. The van der Waals surface area contributed by atoms with Gasteiger partial charge in [0, 0.05) is 10.8 Å². The third-order valence-electron chi connectivity index (χ3n) is 15.9. The molecule has 0 saturated heterocycles. The van der Waals surface area contributed by atoms with Crippen LogP contribution in [0.2, 0.25) is 0 Å². The van der Waals surface area contributed by atoms with Crippen LogP contribution in [0.3, 0.4) is 0 Å². The van der Waals surface area contributed by atoms with E-state index in [9.17, 15) is 20.1 Å². The van der Waals surface area contributed by atoms with E-state index in [1.54, 1.807) is 24.3 Å². The molecule has 6 aliphatic carbocycles. The molecule has 4 aromatic carbocycles. The molecule has 0 spiro atoms. The zero-order chi connectivity index (χ0) is 42.7. The van der Waals surface area contributed by atoms with Crippen molar-refractivity contribution in [1.29, 1.82) is 0 Å². The Kier molecular flexibility index (Phi) is 16.8. The quantitative estimate of drug-likeness (QED) is 0.0829. The molecule has 13 heteroatoms. The van der Waals surface area contributed by atoms with Gasteiger partial charge in [-0.25, -0.2) is 19.4 Å². The van der Waals surface area contributed by atoms with Gasteiger partial charge in [0.05, 0.1) is 23.3 Å². The van der Waals surface area contributed by atoms with E-state index >= 15 is 0 Å². The van der Waals surface area contributed by atoms with Crippen LogP contribution in [-0.2, 0) is 39.1 Å². The molecule has 4 fully saturated rings. The molecule has 63 heavy (non-hydrogen) atoms. The number of benzene rings is 4. The minimum atomic E-state index is -0.472.